The molecule has 2 heterocycles. The van der Waals surface area contributed by atoms with Gasteiger partial charge in [0.1, 0.15) is 5.54 Å². The Morgan fingerprint density at radius 1 is 1.45 bits per heavy atom. The molecule has 4 nitrogen and oxygen atoms in total. The van der Waals surface area contributed by atoms with Gasteiger partial charge in [0.05, 0.1) is 6.61 Å². The molecule has 0 radical (unpaired) electrons. The highest BCUT2D eigenvalue weighted by atomic mass is 16.5. The second-order valence-corrected chi connectivity index (χ2v) is 6.01. The predicted molar refractivity (Wildman–Crippen MR) is 88.3 cm³/mol. The highest BCUT2D eigenvalue weighted by molar-refractivity contribution is 5.87. The highest BCUT2D eigenvalue weighted by Crippen LogP contribution is 2.36. The Morgan fingerprint density at radius 2 is 2.23 bits per heavy atom. The van der Waals surface area contributed by atoms with Crippen molar-refractivity contribution in [2.45, 2.75) is 26.3 Å². The monoisotopic (exact) mass is 298 g/mol. The average molecular weight is 298 g/mol. The molecule has 2 aliphatic heterocycles. The molecule has 0 spiro atoms. The van der Waals surface area contributed by atoms with E-state index in [1.54, 1.807) is 0 Å². The van der Waals surface area contributed by atoms with Gasteiger partial charge >= 0.3 is 5.97 Å². The van der Waals surface area contributed by atoms with E-state index in [0.717, 1.165) is 17.9 Å². The number of ether oxygens (including phenoxy) is 1. The molecular formula is C18H22N2O2. The summed E-state index contributed by atoms with van der Waals surface area (Å²) >= 11 is 0. The van der Waals surface area contributed by atoms with Crippen molar-refractivity contribution in [3.05, 3.63) is 47.7 Å². The van der Waals surface area contributed by atoms with Crippen LogP contribution < -0.4 is 10.6 Å². The van der Waals surface area contributed by atoms with Crippen LogP contribution >= 0.6 is 0 Å². The van der Waals surface area contributed by atoms with E-state index in [-0.39, 0.29) is 11.9 Å². The van der Waals surface area contributed by atoms with Crippen LogP contribution in [0.15, 0.2) is 42.1 Å². The molecule has 2 N–H and O–H groups in total. The molecule has 2 aliphatic rings. The van der Waals surface area contributed by atoms with Crippen molar-refractivity contribution in [1.82, 2.24) is 5.32 Å². The number of carbonyl (C=O) groups is 1. The maximum atomic E-state index is 12.4. The van der Waals surface area contributed by atoms with Crippen LogP contribution in [0.25, 0.3) is 5.57 Å². The average Bonchev–Trinajstić information content (AvgIpc) is 3.02. The minimum absolute atomic E-state index is 0.0190. The van der Waals surface area contributed by atoms with Crippen molar-refractivity contribution in [3.63, 3.8) is 0 Å². The number of hydrogen-bond donors (Lipinski definition) is 2. The van der Waals surface area contributed by atoms with Gasteiger partial charge in [-0.3, -0.25) is 0 Å². The fourth-order valence-electron chi connectivity index (χ4n) is 3.22. The van der Waals surface area contributed by atoms with E-state index in [1.807, 2.05) is 32.9 Å². The molecule has 1 aromatic rings. The highest BCUT2D eigenvalue weighted by Gasteiger charge is 2.44. The Labute approximate surface area is 131 Å². The van der Waals surface area contributed by atoms with Gasteiger partial charge in [-0.1, -0.05) is 30.4 Å². The quantitative estimate of drug-likeness (QED) is 0.842. The summed E-state index contributed by atoms with van der Waals surface area (Å²) in [5.74, 6) is -0.223. The SMILES string of the molecule is CCOC(=O)C1(C)NC(C)=CC1/C=C1/CNc2ccccc21. The normalized spacial score (nSPS) is 27.9. The maximum absolute atomic E-state index is 12.4. The largest absolute Gasteiger partial charge is 0.464 e. The Bertz CT molecular complexity index is 663. The minimum atomic E-state index is -0.732. The number of para-hydroxylation sites is 1. The van der Waals surface area contributed by atoms with Crippen LogP contribution in [0.1, 0.15) is 26.3 Å². The lowest BCUT2D eigenvalue weighted by molar-refractivity contribution is -0.150. The number of benzene rings is 1. The summed E-state index contributed by atoms with van der Waals surface area (Å²) in [4.78, 5) is 12.4. The third-order valence-corrected chi connectivity index (χ3v) is 4.38. The molecule has 0 bridgehead atoms. The van der Waals surface area contributed by atoms with Crippen molar-refractivity contribution in [1.29, 1.82) is 0 Å². The Morgan fingerprint density at radius 3 is 3.00 bits per heavy atom. The number of nitrogens with one attached hydrogen (secondary N) is 2. The van der Waals surface area contributed by atoms with Gasteiger partial charge in [0.25, 0.3) is 0 Å². The number of carbonyl (C=O) groups excluding carboxylic acids is 1. The lowest BCUT2D eigenvalue weighted by Crippen LogP contribution is -2.50. The van der Waals surface area contributed by atoms with E-state index >= 15 is 0 Å². The first-order chi connectivity index (χ1) is 10.5. The van der Waals surface area contributed by atoms with Crippen LogP contribution in [-0.4, -0.2) is 24.7 Å². The van der Waals surface area contributed by atoms with E-state index in [0.29, 0.717) is 6.61 Å². The molecule has 116 valence electrons. The van der Waals surface area contributed by atoms with Crippen LogP contribution in [0.4, 0.5) is 5.69 Å². The second-order valence-electron chi connectivity index (χ2n) is 6.01. The van der Waals surface area contributed by atoms with Crippen molar-refractivity contribution in [3.8, 4) is 0 Å². The third-order valence-electron chi connectivity index (χ3n) is 4.38. The van der Waals surface area contributed by atoms with Gasteiger partial charge in [0, 0.05) is 29.4 Å². The van der Waals surface area contributed by atoms with Crippen molar-refractivity contribution >= 4 is 17.2 Å². The standard InChI is InChI=1S/C18H22N2O2/c1-4-22-17(21)18(3)14(9-12(2)20-18)10-13-11-19-16-8-6-5-7-15(13)16/h5-10,14,19-20H,4,11H2,1-3H3/b13-10-. The lowest BCUT2D eigenvalue weighted by atomic mass is 9.85. The molecule has 4 heteroatoms. The molecule has 0 saturated carbocycles. The topological polar surface area (TPSA) is 50.4 Å². The molecule has 22 heavy (non-hydrogen) atoms. The van der Waals surface area contributed by atoms with E-state index in [9.17, 15) is 4.79 Å². The molecular weight excluding hydrogens is 276 g/mol. The minimum Gasteiger partial charge on any atom is -0.464 e. The molecule has 2 atom stereocenters. The van der Waals surface area contributed by atoms with Crippen molar-refractivity contribution < 1.29 is 9.53 Å². The van der Waals surface area contributed by atoms with Gasteiger partial charge in [-0.05, 0) is 32.4 Å². The van der Waals surface area contributed by atoms with E-state index in [1.165, 1.54) is 11.1 Å². The molecule has 3 rings (SSSR count). The first-order valence-electron chi connectivity index (χ1n) is 7.72. The fraction of sp³-hybridized carbons (Fsp3) is 0.389. The zero-order chi connectivity index (χ0) is 15.7. The molecule has 0 amide bonds. The van der Waals surface area contributed by atoms with Crippen molar-refractivity contribution in [2.24, 2.45) is 5.92 Å². The van der Waals surface area contributed by atoms with E-state index in [4.69, 9.17) is 4.74 Å². The number of allylic oxidation sites excluding steroid dienone is 1. The maximum Gasteiger partial charge on any atom is 0.332 e. The summed E-state index contributed by atoms with van der Waals surface area (Å²) in [6.45, 7) is 6.91. The zero-order valence-corrected chi connectivity index (χ0v) is 13.3. The summed E-state index contributed by atoms with van der Waals surface area (Å²) in [6, 6.07) is 8.26. The van der Waals surface area contributed by atoms with Gasteiger partial charge in [0.2, 0.25) is 0 Å². The first-order valence-corrected chi connectivity index (χ1v) is 7.72. The summed E-state index contributed by atoms with van der Waals surface area (Å²) in [7, 11) is 0. The summed E-state index contributed by atoms with van der Waals surface area (Å²) in [5, 5.41) is 6.68. The van der Waals surface area contributed by atoms with Crippen LogP contribution in [0.3, 0.4) is 0 Å². The predicted octanol–water partition coefficient (Wildman–Crippen LogP) is 2.94. The lowest BCUT2D eigenvalue weighted by Gasteiger charge is -2.28. The summed E-state index contributed by atoms with van der Waals surface area (Å²) in [5.41, 5.74) is 3.87. The van der Waals surface area contributed by atoms with Crippen molar-refractivity contribution in [2.75, 3.05) is 18.5 Å². The number of fused-ring (bicyclic) bond motifs is 1. The molecule has 1 aromatic carbocycles. The van der Waals surface area contributed by atoms with Gasteiger partial charge in [-0.2, -0.15) is 0 Å². The van der Waals surface area contributed by atoms with Crippen LogP contribution in [-0.2, 0) is 9.53 Å². The van der Waals surface area contributed by atoms with Crippen LogP contribution in [0, 0.1) is 5.92 Å². The number of rotatable bonds is 3. The third kappa shape index (κ3) is 2.39. The Balaban J connectivity index is 1.93. The Kier molecular flexibility index (Phi) is 3.69. The van der Waals surface area contributed by atoms with Crippen LogP contribution in [0.2, 0.25) is 0 Å². The smallest absolute Gasteiger partial charge is 0.332 e. The van der Waals surface area contributed by atoms with Crippen LogP contribution in [0.5, 0.6) is 0 Å². The molecule has 0 aromatic heterocycles. The number of hydrogen-bond acceptors (Lipinski definition) is 4. The second kappa shape index (κ2) is 5.52. The Hall–Kier alpha value is -2.23. The molecule has 0 aliphatic carbocycles. The fourth-order valence-corrected chi connectivity index (χ4v) is 3.22. The van der Waals surface area contributed by atoms with E-state index in [2.05, 4.69) is 34.9 Å². The van der Waals surface area contributed by atoms with Gasteiger partial charge in [-0.25, -0.2) is 4.79 Å². The van der Waals surface area contributed by atoms with Gasteiger partial charge < -0.3 is 15.4 Å². The van der Waals surface area contributed by atoms with E-state index < -0.39 is 5.54 Å². The number of esters is 1. The molecule has 2 unspecified atom stereocenters. The molecule has 0 saturated heterocycles. The van der Waals surface area contributed by atoms with Gasteiger partial charge in [0.15, 0.2) is 0 Å². The summed E-state index contributed by atoms with van der Waals surface area (Å²) < 4.78 is 5.26. The van der Waals surface area contributed by atoms with Gasteiger partial charge in [-0.15, -0.1) is 0 Å². The molecule has 0 fully saturated rings. The summed E-state index contributed by atoms with van der Waals surface area (Å²) in [6.07, 6.45) is 4.28. The zero-order valence-electron chi connectivity index (χ0n) is 13.3. The first kappa shape index (κ1) is 14.7. The number of anilines is 1.